The molecule has 4 nitrogen and oxygen atoms in total. The summed E-state index contributed by atoms with van der Waals surface area (Å²) in [4.78, 5) is 16.0. The molecular weight excluding hydrogens is 264 g/mol. The van der Waals surface area contributed by atoms with Gasteiger partial charge >= 0.3 is 0 Å². The minimum absolute atomic E-state index is 0.305. The first-order valence-corrected chi connectivity index (χ1v) is 6.06. The zero-order valence-corrected chi connectivity index (χ0v) is 11.4. The monoisotopic (exact) mass is 276 g/mol. The van der Waals surface area contributed by atoms with Crippen LogP contribution in [0.3, 0.4) is 0 Å². The van der Waals surface area contributed by atoms with Crippen LogP contribution < -0.4 is 10.1 Å². The number of halogens is 1. The van der Waals surface area contributed by atoms with Crippen molar-refractivity contribution in [2.24, 2.45) is 0 Å². The molecule has 5 heteroatoms. The number of hydrogen-bond acceptors (Lipinski definition) is 3. The van der Waals surface area contributed by atoms with Gasteiger partial charge in [-0.25, -0.2) is 0 Å². The van der Waals surface area contributed by atoms with Gasteiger partial charge in [0.1, 0.15) is 11.4 Å². The number of carbonyl (C=O) groups is 1. The third-order valence-corrected chi connectivity index (χ3v) is 2.81. The molecule has 1 N–H and O–H groups in total. The van der Waals surface area contributed by atoms with Gasteiger partial charge in [-0.05, 0) is 36.8 Å². The van der Waals surface area contributed by atoms with Gasteiger partial charge in [-0.1, -0.05) is 17.7 Å². The fraction of sp³-hybridized carbons (Fsp3) is 0.143. The van der Waals surface area contributed by atoms with Gasteiger partial charge in [-0.15, -0.1) is 0 Å². The van der Waals surface area contributed by atoms with Crippen LogP contribution in [0.4, 0.5) is 5.69 Å². The van der Waals surface area contributed by atoms with Crippen LogP contribution in [0.15, 0.2) is 36.5 Å². The Morgan fingerprint density at radius 1 is 1.37 bits per heavy atom. The number of rotatable bonds is 3. The van der Waals surface area contributed by atoms with E-state index in [9.17, 15) is 4.79 Å². The Hall–Kier alpha value is -2.07. The molecular formula is C14H13ClN2O2. The summed E-state index contributed by atoms with van der Waals surface area (Å²) < 4.78 is 5.27. The number of pyridine rings is 1. The van der Waals surface area contributed by atoms with E-state index in [0.29, 0.717) is 22.2 Å². The highest BCUT2D eigenvalue weighted by Gasteiger charge is 2.13. The van der Waals surface area contributed by atoms with E-state index >= 15 is 0 Å². The molecule has 1 heterocycles. The van der Waals surface area contributed by atoms with E-state index in [2.05, 4.69) is 10.3 Å². The van der Waals surface area contributed by atoms with E-state index in [1.807, 2.05) is 6.92 Å². The summed E-state index contributed by atoms with van der Waals surface area (Å²) in [6, 6.07) is 8.56. The molecule has 1 aromatic carbocycles. The van der Waals surface area contributed by atoms with Gasteiger partial charge in [0.15, 0.2) is 0 Å². The fourth-order valence-electron chi connectivity index (χ4n) is 1.78. The molecule has 0 saturated carbocycles. The first-order valence-electron chi connectivity index (χ1n) is 5.68. The molecule has 0 aliphatic rings. The molecule has 19 heavy (non-hydrogen) atoms. The van der Waals surface area contributed by atoms with Crippen molar-refractivity contribution in [1.29, 1.82) is 0 Å². The van der Waals surface area contributed by atoms with Crippen molar-refractivity contribution in [3.05, 3.63) is 52.8 Å². The summed E-state index contributed by atoms with van der Waals surface area (Å²) in [5.74, 6) is 0.286. The summed E-state index contributed by atoms with van der Waals surface area (Å²) in [6.07, 6.45) is 1.56. The summed E-state index contributed by atoms with van der Waals surface area (Å²) >= 11 is 5.99. The molecule has 1 aromatic heterocycles. The first kappa shape index (κ1) is 13.4. The maximum Gasteiger partial charge on any atom is 0.274 e. The number of aromatic nitrogens is 1. The Morgan fingerprint density at radius 2 is 2.16 bits per heavy atom. The second kappa shape index (κ2) is 5.71. The Kier molecular flexibility index (Phi) is 4.02. The largest absolute Gasteiger partial charge is 0.494 e. The number of methoxy groups -OCH3 is 1. The van der Waals surface area contributed by atoms with Gasteiger partial charge in [0, 0.05) is 11.2 Å². The number of hydrogen-bond donors (Lipinski definition) is 1. The number of carbonyl (C=O) groups excluding carboxylic acids is 1. The number of benzene rings is 1. The van der Waals surface area contributed by atoms with Crippen LogP contribution in [0.5, 0.6) is 5.75 Å². The number of amides is 1. The van der Waals surface area contributed by atoms with Crippen LogP contribution >= 0.6 is 11.6 Å². The predicted octanol–water partition coefficient (Wildman–Crippen LogP) is 3.30. The van der Waals surface area contributed by atoms with Crippen molar-refractivity contribution >= 4 is 23.2 Å². The lowest BCUT2D eigenvalue weighted by Crippen LogP contribution is -2.14. The SMILES string of the molecule is COc1c(C)cc(Cl)cc1NC(=O)c1ccccn1. The zero-order valence-electron chi connectivity index (χ0n) is 10.6. The maximum absolute atomic E-state index is 12.0. The Labute approximate surface area is 116 Å². The second-order valence-corrected chi connectivity index (χ2v) is 4.41. The van der Waals surface area contributed by atoms with Crippen molar-refractivity contribution < 1.29 is 9.53 Å². The number of anilines is 1. The van der Waals surface area contributed by atoms with E-state index in [-0.39, 0.29) is 5.91 Å². The number of nitrogens with one attached hydrogen (secondary N) is 1. The van der Waals surface area contributed by atoms with Crippen LogP contribution in [-0.4, -0.2) is 18.0 Å². The third-order valence-electron chi connectivity index (χ3n) is 2.59. The molecule has 0 saturated heterocycles. The third kappa shape index (κ3) is 3.03. The molecule has 2 aromatic rings. The van der Waals surface area contributed by atoms with E-state index < -0.39 is 0 Å². The molecule has 98 valence electrons. The normalized spacial score (nSPS) is 10.1. The van der Waals surface area contributed by atoms with E-state index in [1.165, 1.54) is 0 Å². The summed E-state index contributed by atoms with van der Waals surface area (Å²) in [5.41, 5.74) is 1.72. The van der Waals surface area contributed by atoms with Crippen molar-refractivity contribution in [1.82, 2.24) is 4.98 Å². The number of aryl methyl sites for hydroxylation is 1. The van der Waals surface area contributed by atoms with E-state index in [4.69, 9.17) is 16.3 Å². The fourth-order valence-corrected chi connectivity index (χ4v) is 2.05. The molecule has 0 aliphatic carbocycles. The lowest BCUT2D eigenvalue weighted by atomic mass is 10.2. The average Bonchev–Trinajstić information content (AvgIpc) is 2.39. The molecule has 0 bridgehead atoms. The first-order chi connectivity index (χ1) is 9.11. The van der Waals surface area contributed by atoms with Crippen LogP contribution in [0.25, 0.3) is 0 Å². The minimum atomic E-state index is -0.305. The average molecular weight is 277 g/mol. The van der Waals surface area contributed by atoms with Gasteiger partial charge in [0.25, 0.3) is 5.91 Å². The van der Waals surface area contributed by atoms with Crippen LogP contribution in [0, 0.1) is 6.92 Å². The zero-order chi connectivity index (χ0) is 13.8. The van der Waals surface area contributed by atoms with Crippen molar-refractivity contribution in [2.45, 2.75) is 6.92 Å². The highest BCUT2D eigenvalue weighted by molar-refractivity contribution is 6.31. The van der Waals surface area contributed by atoms with Gasteiger partial charge in [-0.3, -0.25) is 9.78 Å². The number of ether oxygens (including phenoxy) is 1. The topological polar surface area (TPSA) is 51.2 Å². The molecule has 2 rings (SSSR count). The quantitative estimate of drug-likeness (QED) is 0.936. The summed E-state index contributed by atoms with van der Waals surface area (Å²) in [6.45, 7) is 1.86. The molecule has 0 atom stereocenters. The molecule has 0 radical (unpaired) electrons. The Bertz CT molecular complexity index is 600. The van der Waals surface area contributed by atoms with Crippen molar-refractivity contribution in [2.75, 3.05) is 12.4 Å². The van der Waals surface area contributed by atoms with Crippen LogP contribution in [0.1, 0.15) is 16.1 Å². The lowest BCUT2D eigenvalue weighted by Gasteiger charge is -2.13. The van der Waals surface area contributed by atoms with Crippen LogP contribution in [0.2, 0.25) is 5.02 Å². The number of nitrogens with zero attached hydrogens (tertiary/aromatic N) is 1. The van der Waals surface area contributed by atoms with E-state index in [1.54, 1.807) is 43.6 Å². The van der Waals surface area contributed by atoms with E-state index in [0.717, 1.165) is 5.56 Å². The highest BCUT2D eigenvalue weighted by Crippen LogP contribution is 2.32. The standard InChI is InChI=1S/C14H13ClN2O2/c1-9-7-10(15)8-12(13(9)19-2)17-14(18)11-5-3-4-6-16-11/h3-8H,1-2H3,(H,17,18). The van der Waals surface area contributed by atoms with Gasteiger partial charge in [0.05, 0.1) is 12.8 Å². The maximum atomic E-state index is 12.0. The van der Waals surface area contributed by atoms with Gasteiger partial charge in [0.2, 0.25) is 0 Å². The van der Waals surface area contributed by atoms with Crippen LogP contribution in [-0.2, 0) is 0 Å². The molecule has 0 spiro atoms. The minimum Gasteiger partial charge on any atom is -0.494 e. The molecule has 0 unspecified atom stereocenters. The smallest absolute Gasteiger partial charge is 0.274 e. The molecule has 0 aliphatic heterocycles. The predicted molar refractivity (Wildman–Crippen MR) is 74.9 cm³/mol. The molecule has 0 fully saturated rings. The van der Waals surface area contributed by atoms with Crippen molar-refractivity contribution in [3.8, 4) is 5.75 Å². The second-order valence-electron chi connectivity index (χ2n) is 3.97. The Balaban J connectivity index is 2.31. The van der Waals surface area contributed by atoms with Crippen molar-refractivity contribution in [3.63, 3.8) is 0 Å². The lowest BCUT2D eigenvalue weighted by molar-refractivity contribution is 0.102. The summed E-state index contributed by atoms with van der Waals surface area (Å²) in [5, 5.41) is 3.29. The highest BCUT2D eigenvalue weighted by atomic mass is 35.5. The van der Waals surface area contributed by atoms with Gasteiger partial charge in [-0.2, -0.15) is 0 Å². The Morgan fingerprint density at radius 3 is 2.79 bits per heavy atom. The molecule has 1 amide bonds. The van der Waals surface area contributed by atoms with Gasteiger partial charge < -0.3 is 10.1 Å². The summed E-state index contributed by atoms with van der Waals surface area (Å²) in [7, 11) is 1.55.